The first kappa shape index (κ1) is 22.6. The van der Waals surface area contributed by atoms with Crippen LogP contribution in [-0.4, -0.2) is 38.3 Å². The van der Waals surface area contributed by atoms with Gasteiger partial charge in [-0.2, -0.15) is 0 Å². The first-order valence-electron chi connectivity index (χ1n) is 10.9. The molecule has 0 spiro atoms. The summed E-state index contributed by atoms with van der Waals surface area (Å²) >= 11 is 0. The summed E-state index contributed by atoms with van der Waals surface area (Å²) in [6, 6.07) is 21.0. The third-order valence-corrected chi connectivity index (χ3v) is 5.66. The number of nitrogens with zero attached hydrogens (tertiary/aromatic N) is 2. The van der Waals surface area contributed by atoms with Crippen LogP contribution >= 0.6 is 0 Å². The third kappa shape index (κ3) is 4.13. The van der Waals surface area contributed by atoms with E-state index in [4.69, 9.17) is 0 Å². The van der Waals surface area contributed by atoms with Crippen LogP contribution in [0.25, 0.3) is 11.0 Å². The maximum absolute atomic E-state index is 14.8. The maximum Gasteiger partial charge on any atom is 0.254 e. The average molecular weight is 448 g/mol. The number of hydrogen-bond acceptors (Lipinski definition) is 4. The number of carbonyl (C=O) groups excluding carboxylic acids is 1. The molecular formula is C26H26FN3O3. The molecule has 0 aliphatic heterocycles. The Labute approximate surface area is 191 Å². The van der Waals surface area contributed by atoms with Crippen molar-refractivity contribution in [1.29, 1.82) is 0 Å². The molecule has 1 aromatic heterocycles. The molecule has 0 radical (unpaired) electrons. The molecule has 0 saturated heterocycles. The Morgan fingerprint density at radius 2 is 1.67 bits per heavy atom. The summed E-state index contributed by atoms with van der Waals surface area (Å²) in [5.41, 5.74) is 0.367. The summed E-state index contributed by atoms with van der Waals surface area (Å²) in [5, 5.41) is 24.1. The van der Waals surface area contributed by atoms with E-state index in [0.29, 0.717) is 34.5 Å². The van der Waals surface area contributed by atoms with Gasteiger partial charge in [0.25, 0.3) is 5.91 Å². The van der Waals surface area contributed by atoms with E-state index < -0.39 is 23.4 Å². The zero-order valence-electron chi connectivity index (χ0n) is 18.5. The molecule has 7 heteroatoms. The van der Waals surface area contributed by atoms with Crippen LogP contribution in [0, 0.1) is 5.82 Å². The Bertz CT molecular complexity index is 1230. The van der Waals surface area contributed by atoms with Crippen LogP contribution in [0.15, 0.2) is 72.8 Å². The zero-order chi connectivity index (χ0) is 23.6. The summed E-state index contributed by atoms with van der Waals surface area (Å²) in [5.74, 6) is -1.01. The number of carbonyl (C=O) groups is 1. The first-order chi connectivity index (χ1) is 15.9. The number of aliphatic hydroxyl groups is 2. The molecule has 0 aliphatic rings. The standard InChI is InChI=1S/C26H26FN3O3/c1-3-30-23-14-20(24(32)28-16-17(2)31)21(27)15-22(23)29-25(30)26(33,18-10-6-4-7-11-18)19-12-8-5-9-13-19/h4-15,17,31,33H,3,16H2,1-2H3,(H,28,32)/t17-/m1/s1. The zero-order valence-corrected chi connectivity index (χ0v) is 18.5. The molecule has 0 fully saturated rings. The van der Waals surface area contributed by atoms with Crippen LogP contribution in [0.5, 0.6) is 0 Å². The number of hydrogen-bond donors (Lipinski definition) is 3. The molecule has 0 aliphatic carbocycles. The van der Waals surface area contributed by atoms with Gasteiger partial charge in [-0.1, -0.05) is 60.7 Å². The van der Waals surface area contributed by atoms with Gasteiger partial charge in [0.05, 0.1) is 22.7 Å². The van der Waals surface area contributed by atoms with Gasteiger partial charge in [0.2, 0.25) is 0 Å². The SMILES string of the molecule is CCn1c(C(O)(c2ccccc2)c2ccccc2)nc2cc(F)c(C(=O)NC[C@@H](C)O)cc21. The van der Waals surface area contributed by atoms with Gasteiger partial charge < -0.3 is 20.1 Å². The van der Waals surface area contributed by atoms with E-state index in [1.165, 1.54) is 19.1 Å². The number of imidazole rings is 1. The smallest absolute Gasteiger partial charge is 0.254 e. The number of halogens is 1. The van der Waals surface area contributed by atoms with Gasteiger partial charge >= 0.3 is 0 Å². The number of aromatic nitrogens is 2. The van der Waals surface area contributed by atoms with Crippen molar-refractivity contribution in [3.8, 4) is 0 Å². The largest absolute Gasteiger partial charge is 0.392 e. The monoisotopic (exact) mass is 447 g/mol. The minimum atomic E-state index is -1.59. The fraction of sp³-hybridized carbons (Fsp3) is 0.231. The van der Waals surface area contributed by atoms with E-state index in [2.05, 4.69) is 10.3 Å². The Balaban J connectivity index is 1.93. The summed E-state index contributed by atoms with van der Waals surface area (Å²) in [7, 11) is 0. The Morgan fingerprint density at radius 1 is 1.09 bits per heavy atom. The Morgan fingerprint density at radius 3 is 2.18 bits per heavy atom. The number of aryl methyl sites for hydroxylation is 1. The van der Waals surface area contributed by atoms with E-state index in [0.717, 1.165) is 0 Å². The van der Waals surface area contributed by atoms with Gasteiger partial charge in [0, 0.05) is 19.2 Å². The highest BCUT2D eigenvalue weighted by atomic mass is 19.1. The van der Waals surface area contributed by atoms with Crippen molar-refractivity contribution < 1.29 is 19.4 Å². The molecule has 3 N–H and O–H groups in total. The van der Waals surface area contributed by atoms with Crippen molar-refractivity contribution in [2.45, 2.75) is 32.1 Å². The maximum atomic E-state index is 14.8. The number of rotatable bonds is 7. The van der Waals surface area contributed by atoms with E-state index in [-0.39, 0.29) is 12.1 Å². The highest BCUT2D eigenvalue weighted by molar-refractivity contribution is 5.98. The van der Waals surface area contributed by atoms with Crippen molar-refractivity contribution in [2.75, 3.05) is 6.54 Å². The summed E-state index contributed by atoms with van der Waals surface area (Å²) in [6.45, 7) is 3.88. The molecule has 33 heavy (non-hydrogen) atoms. The Kier molecular flexibility index (Phi) is 6.26. The minimum absolute atomic E-state index is 0.0103. The fourth-order valence-electron chi connectivity index (χ4n) is 4.04. The molecule has 6 nitrogen and oxygen atoms in total. The van der Waals surface area contributed by atoms with Gasteiger partial charge in [0.1, 0.15) is 5.82 Å². The first-order valence-corrected chi connectivity index (χ1v) is 10.9. The number of fused-ring (bicyclic) bond motifs is 1. The molecule has 1 amide bonds. The van der Waals surface area contributed by atoms with Gasteiger partial charge in [-0.15, -0.1) is 0 Å². The second kappa shape index (κ2) is 9.13. The second-order valence-electron chi connectivity index (χ2n) is 8.00. The molecule has 3 aromatic carbocycles. The van der Waals surface area contributed by atoms with Crippen molar-refractivity contribution in [3.05, 3.63) is 101 Å². The molecule has 1 heterocycles. The molecule has 1 atom stereocenters. The normalized spacial score (nSPS) is 12.6. The average Bonchev–Trinajstić information content (AvgIpc) is 3.20. The molecule has 0 saturated carbocycles. The molecule has 4 aromatic rings. The summed E-state index contributed by atoms with van der Waals surface area (Å²) in [4.78, 5) is 17.2. The third-order valence-electron chi connectivity index (χ3n) is 5.66. The van der Waals surface area contributed by atoms with E-state index in [9.17, 15) is 19.4 Å². The lowest BCUT2D eigenvalue weighted by Gasteiger charge is -2.29. The lowest BCUT2D eigenvalue weighted by molar-refractivity contribution is 0.0920. The highest BCUT2D eigenvalue weighted by Crippen LogP contribution is 2.38. The summed E-state index contributed by atoms with van der Waals surface area (Å²) in [6.07, 6.45) is -0.750. The van der Waals surface area contributed by atoms with Crippen molar-refractivity contribution in [2.24, 2.45) is 0 Å². The fourth-order valence-corrected chi connectivity index (χ4v) is 4.04. The summed E-state index contributed by atoms with van der Waals surface area (Å²) < 4.78 is 16.6. The number of benzene rings is 3. The van der Waals surface area contributed by atoms with Gasteiger partial charge in [-0.05, 0) is 31.0 Å². The second-order valence-corrected chi connectivity index (χ2v) is 8.00. The molecule has 0 unspecified atom stereocenters. The lowest BCUT2D eigenvalue weighted by atomic mass is 9.85. The van der Waals surface area contributed by atoms with Crippen LogP contribution in [0.2, 0.25) is 0 Å². The quantitative estimate of drug-likeness (QED) is 0.404. The molecule has 0 bridgehead atoms. The highest BCUT2D eigenvalue weighted by Gasteiger charge is 2.39. The van der Waals surface area contributed by atoms with Crippen LogP contribution in [0.4, 0.5) is 4.39 Å². The van der Waals surface area contributed by atoms with Crippen molar-refractivity contribution >= 4 is 16.9 Å². The van der Waals surface area contributed by atoms with Gasteiger partial charge in [-0.25, -0.2) is 9.37 Å². The number of amides is 1. The van der Waals surface area contributed by atoms with Crippen LogP contribution in [0.1, 0.15) is 41.2 Å². The van der Waals surface area contributed by atoms with E-state index in [1.54, 1.807) is 4.57 Å². The molecule has 4 rings (SSSR count). The van der Waals surface area contributed by atoms with Crippen molar-refractivity contribution in [3.63, 3.8) is 0 Å². The number of nitrogens with one attached hydrogen (secondary N) is 1. The molecular weight excluding hydrogens is 421 g/mol. The van der Waals surface area contributed by atoms with E-state index >= 15 is 0 Å². The number of aliphatic hydroxyl groups excluding tert-OH is 1. The van der Waals surface area contributed by atoms with E-state index in [1.807, 2.05) is 67.6 Å². The van der Waals surface area contributed by atoms with Crippen LogP contribution in [-0.2, 0) is 12.1 Å². The van der Waals surface area contributed by atoms with Crippen molar-refractivity contribution in [1.82, 2.24) is 14.9 Å². The van der Waals surface area contributed by atoms with Crippen LogP contribution < -0.4 is 5.32 Å². The Hall–Kier alpha value is -3.55. The predicted molar refractivity (Wildman–Crippen MR) is 124 cm³/mol. The minimum Gasteiger partial charge on any atom is -0.392 e. The molecule has 170 valence electrons. The predicted octanol–water partition coefficient (Wildman–Crippen LogP) is 3.59. The van der Waals surface area contributed by atoms with Gasteiger partial charge in [0.15, 0.2) is 11.4 Å². The van der Waals surface area contributed by atoms with Crippen LogP contribution in [0.3, 0.4) is 0 Å². The topological polar surface area (TPSA) is 87.4 Å². The van der Waals surface area contributed by atoms with Gasteiger partial charge in [-0.3, -0.25) is 4.79 Å². The lowest BCUT2D eigenvalue weighted by Crippen LogP contribution is -2.32.